The summed E-state index contributed by atoms with van der Waals surface area (Å²) in [6.45, 7) is 8.74. The van der Waals surface area contributed by atoms with Gasteiger partial charge in [0.15, 0.2) is 0 Å². The van der Waals surface area contributed by atoms with Crippen molar-refractivity contribution in [3.05, 3.63) is 30.5 Å². The number of rotatable bonds is 5. The Morgan fingerprint density at radius 2 is 1.94 bits per heavy atom. The summed E-state index contributed by atoms with van der Waals surface area (Å²) in [4.78, 5) is 2.43. The molecular weight excluding hydrogens is 210 g/mol. The number of nitrogens with zero attached hydrogens (tertiary/aromatic N) is 2. The van der Waals surface area contributed by atoms with Gasteiger partial charge in [-0.3, -0.25) is 0 Å². The average molecular weight is 231 g/mol. The summed E-state index contributed by atoms with van der Waals surface area (Å²) >= 11 is 0. The summed E-state index contributed by atoms with van der Waals surface area (Å²) in [7, 11) is 0. The minimum atomic E-state index is 0.834. The van der Waals surface area contributed by atoms with Gasteiger partial charge in [-0.2, -0.15) is 0 Å². The molecule has 1 heterocycles. The number of likely N-dealkylation sites (N-methyl/N-ethyl adjacent to an activating group) is 1. The normalized spacial score (nSPS) is 11.5. The molecule has 0 bridgehead atoms. The summed E-state index contributed by atoms with van der Waals surface area (Å²) in [6.07, 6.45) is 2.15. The second-order valence-corrected chi connectivity index (χ2v) is 4.35. The fourth-order valence-corrected chi connectivity index (χ4v) is 2.18. The predicted octanol–water partition coefficient (Wildman–Crippen LogP) is 2.57. The topological polar surface area (TPSA) is 34.2 Å². The van der Waals surface area contributed by atoms with Crippen LogP contribution in [0.25, 0.3) is 10.9 Å². The minimum absolute atomic E-state index is 0.834. The van der Waals surface area contributed by atoms with Crippen molar-refractivity contribution in [3.63, 3.8) is 0 Å². The molecule has 0 aliphatic heterocycles. The largest absolute Gasteiger partial charge is 0.399 e. The zero-order chi connectivity index (χ0) is 12.3. The van der Waals surface area contributed by atoms with Crippen LogP contribution in [0.5, 0.6) is 0 Å². The van der Waals surface area contributed by atoms with Crippen LogP contribution in [0.15, 0.2) is 30.5 Å². The SMILES string of the molecule is CCN(CC)CCn1ccc2ccc(N)cc21. The van der Waals surface area contributed by atoms with E-state index in [4.69, 9.17) is 5.73 Å². The molecule has 2 aromatic rings. The van der Waals surface area contributed by atoms with Crippen molar-refractivity contribution < 1.29 is 0 Å². The Balaban J connectivity index is 2.16. The van der Waals surface area contributed by atoms with Crippen molar-refractivity contribution in [1.29, 1.82) is 0 Å². The van der Waals surface area contributed by atoms with E-state index in [2.05, 4.69) is 47.7 Å². The van der Waals surface area contributed by atoms with Gasteiger partial charge in [-0.05, 0) is 36.7 Å². The van der Waals surface area contributed by atoms with Crippen LogP contribution in [-0.2, 0) is 6.54 Å². The smallest absolute Gasteiger partial charge is 0.0501 e. The molecule has 0 radical (unpaired) electrons. The van der Waals surface area contributed by atoms with Crippen LogP contribution in [0.3, 0.4) is 0 Å². The van der Waals surface area contributed by atoms with Gasteiger partial charge in [-0.25, -0.2) is 0 Å². The molecule has 2 rings (SSSR count). The van der Waals surface area contributed by atoms with Crippen LogP contribution in [-0.4, -0.2) is 29.1 Å². The van der Waals surface area contributed by atoms with Gasteiger partial charge >= 0.3 is 0 Å². The molecule has 1 aromatic heterocycles. The van der Waals surface area contributed by atoms with Gasteiger partial charge in [-0.15, -0.1) is 0 Å². The lowest BCUT2D eigenvalue weighted by atomic mass is 10.2. The number of hydrogen-bond acceptors (Lipinski definition) is 2. The lowest BCUT2D eigenvalue weighted by Gasteiger charge is -2.18. The van der Waals surface area contributed by atoms with E-state index in [1.807, 2.05) is 6.07 Å². The van der Waals surface area contributed by atoms with Gasteiger partial charge in [-0.1, -0.05) is 19.9 Å². The average Bonchev–Trinajstić information content (AvgIpc) is 2.73. The van der Waals surface area contributed by atoms with E-state index < -0.39 is 0 Å². The molecule has 17 heavy (non-hydrogen) atoms. The monoisotopic (exact) mass is 231 g/mol. The molecule has 2 N–H and O–H groups in total. The molecular formula is C14H21N3. The number of nitrogen functional groups attached to an aromatic ring is 1. The lowest BCUT2D eigenvalue weighted by molar-refractivity contribution is 0.292. The van der Waals surface area contributed by atoms with Gasteiger partial charge in [0, 0.05) is 25.0 Å². The highest BCUT2D eigenvalue weighted by Gasteiger charge is 2.03. The Morgan fingerprint density at radius 3 is 2.65 bits per heavy atom. The second kappa shape index (κ2) is 5.23. The summed E-state index contributed by atoms with van der Waals surface area (Å²) < 4.78 is 2.28. The van der Waals surface area contributed by atoms with Gasteiger partial charge in [0.25, 0.3) is 0 Å². The molecule has 0 aliphatic rings. The third-order valence-electron chi connectivity index (χ3n) is 3.35. The standard InChI is InChI=1S/C14H21N3/c1-3-16(4-2)9-10-17-8-7-12-5-6-13(15)11-14(12)17/h5-8,11H,3-4,9-10,15H2,1-2H3. The van der Waals surface area contributed by atoms with Crippen molar-refractivity contribution in [2.45, 2.75) is 20.4 Å². The van der Waals surface area contributed by atoms with Gasteiger partial charge in [0.2, 0.25) is 0 Å². The van der Waals surface area contributed by atoms with Crippen molar-refractivity contribution in [3.8, 4) is 0 Å². The van der Waals surface area contributed by atoms with Crippen LogP contribution in [0, 0.1) is 0 Å². The van der Waals surface area contributed by atoms with Crippen LogP contribution in [0.2, 0.25) is 0 Å². The van der Waals surface area contributed by atoms with Gasteiger partial charge < -0.3 is 15.2 Å². The Kier molecular flexibility index (Phi) is 3.69. The zero-order valence-corrected chi connectivity index (χ0v) is 10.7. The maximum atomic E-state index is 5.84. The highest BCUT2D eigenvalue weighted by atomic mass is 15.1. The minimum Gasteiger partial charge on any atom is -0.399 e. The Morgan fingerprint density at radius 1 is 1.18 bits per heavy atom. The van der Waals surface area contributed by atoms with Gasteiger partial charge in [0.1, 0.15) is 0 Å². The van der Waals surface area contributed by atoms with Crippen LogP contribution in [0.1, 0.15) is 13.8 Å². The van der Waals surface area contributed by atoms with Crippen molar-refractivity contribution in [2.75, 3.05) is 25.4 Å². The van der Waals surface area contributed by atoms with E-state index in [0.717, 1.165) is 31.9 Å². The third kappa shape index (κ3) is 2.61. The first-order chi connectivity index (χ1) is 8.24. The molecule has 92 valence electrons. The Bertz CT molecular complexity index is 483. The summed E-state index contributed by atoms with van der Waals surface area (Å²) in [5.74, 6) is 0. The number of aromatic nitrogens is 1. The predicted molar refractivity (Wildman–Crippen MR) is 74.1 cm³/mol. The molecule has 0 saturated heterocycles. The van der Waals surface area contributed by atoms with E-state index in [0.29, 0.717) is 0 Å². The Hall–Kier alpha value is -1.48. The highest BCUT2D eigenvalue weighted by molar-refractivity contribution is 5.83. The van der Waals surface area contributed by atoms with E-state index in [9.17, 15) is 0 Å². The quantitative estimate of drug-likeness (QED) is 0.802. The fraction of sp³-hybridized carbons (Fsp3) is 0.429. The maximum absolute atomic E-state index is 5.84. The molecule has 0 spiro atoms. The molecule has 3 heteroatoms. The first-order valence-corrected chi connectivity index (χ1v) is 6.31. The molecule has 0 aliphatic carbocycles. The molecule has 0 fully saturated rings. The van der Waals surface area contributed by atoms with Crippen LogP contribution >= 0.6 is 0 Å². The number of fused-ring (bicyclic) bond motifs is 1. The molecule has 1 aromatic carbocycles. The lowest BCUT2D eigenvalue weighted by Crippen LogP contribution is -2.26. The second-order valence-electron chi connectivity index (χ2n) is 4.35. The number of hydrogen-bond donors (Lipinski definition) is 1. The van der Waals surface area contributed by atoms with E-state index in [1.165, 1.54) is 10.9 Å². The molecule has 0 amide bonds. The Labute approximate surface area is 103 Å². The maximum Gasteiger partial charge on any atom is 0.0501 e. The summed E-state index contributed by atoms with van der Waals surface area (Å²) in [6, 6.07) is 8.24. The molecule has 0 atom stereocenters. The van der Waals surface area contributed by atoms with E-state index in [1.54, 1.807) is 0 Å². The number of anilines is 1. The molecule has 3 nitrogen and oxygen atoms in total. The number of benzene rings is 1. The van der Waals surface area contributed by atoms with Gasteiger partial charge in [0.05, 0.1) is 5.52 Å². The summed E-state index contributed by atoms with van der Waals surface area (Å²) in [5, 5.41) is 1.26. The van der Waals surface area contributed by atoms with Crippen LogP contribution < -0.4 is 5.73 Å². The van der Waals surface area contributed by atoms with E-state index >= 15 is 0 Å². The number of nitrogens with two attached hydrogens (primary N) is 1. The molecule has 0 unspecified atom stereocenters. The highest BCUT2D eigenvalue weighted by Crippen LogP contribution is 2.18. The van der Waals surface area contributed by atoms with E-state index in [-0.39, 0.29) is 0 Å². The fourth-order valence-electron chi connectivity index (χ4n) is 2.18. The summed E-state index contributed by atoms with van der Waals surface area (Å²) in [5.41, 5.74) is 7.90. The first kappa shape index (κ1) is 12.0. The van der Waals surface area contributed by atoms with Crippen molar-refractivity contribution in [2.24, 2.45) is 0 Å². The zero-order valence-electron chi connectivity index (χ0n) is 10.7. The molecule has 0 saturated carbocycles. The third-order valence-corrected chi connectivity index (χ3v) is 3.35. The first-order valence-electron chi connectivity index (χ1n) is 6.31. The van der Waals surface area contributed by atoms with Crippen molar-refractivity contribution in [1.82, 2.24) is 9.47 Å². The van der Waals surface area contributed by atoms with Crippen LogP contribution in [0.4, 0.5) is 5.69 Å². The van der Waals surface area contributed by atoms with Crippen molar-refractivity contribution >= 4 is 16.6 Å².